The molecule has 6 heteroatoms. The molecule has 0 spiro atoms. The number of ether oxygens (including phenoxy) is 3. The van der Waals surface area contributed by atoms with Gasteiger partial charge in [-0.05, 0) is 42.0 Å². The molecule has 120 valence electrons. The highest BCUT2D eigenvalue weighted by Crippen LogP contribution is 2.29. The van der Waals surface area contributed by atoms with Crippen molar-refractivity contribution in [2.45, 2.75) is 0 Å². The van der Waals surface area contributed by atoms with Crippen molar-refractivity contribution >= 4 is 39.6 Å². The molecule has 0 bridgehead atoms. The van der Waals surface area contributed by atoms with Crippen LogP contribution in [0.1, 0.15) is 5.56 Å². The maximum atomic E-state index is 11.9. The molecule has 23 heavy (non-hydrogen) atoms. The van der Waals surface area contributed by atoms with E-state index in [2.05, 4.69) is 15.9 Å². The molecule has 2 aromatic rings. The molecule has 0 aliphatic carbocycles. The van der Waals surface area contributed by atoms with Crippen LogP contribution in [-0.2, 0) is 4.79 Å². The average Bonchev–Trinajstić information content (AvgIpc) is 2.55. The molecule has 0 aliphatic rings. The minimum Gasteiger partial charge on any atom is -0.493 e. The van der Waals surface area contributed by atoms with Gasteiger partial charge in [-0.25, -0.2) is 4.79 Å². The zero-order chi connectivity index (χ0) is 16.8. The molecule has 0 heterocycles. The van der Waals surface area contributed by atoms with Gasteiger partial charge in [0, 0.05) is 10.5 Å². The molecule has 0 aliphatic heterocycles. The summed E-state index contributed by atoms with van der Waals surface area (Å²) >= 11 is 9.29. The number of hydrogen-bond donors (Lipinski definition) is 0. The van der Waals surface area contributed by atoms with E-state index in [1.807, 2.05) is 0 Å². The van der Waals surface area contributed by atoms with Crippen molar-refractivity contribution in [1.29, 1.82) is 0 Å². The van der Waals surface area contributed by atoms with Crippen LogP contribution in [-0.4, -0.2) is 20.2 Å². The van der Waals surface area contributed by atoms with Gasteiger partial charge in [-0.3, -0.25) is 0 Å². The third-order valence-electron chi connectivity index (χ3n) is 2.92. The van der Waals surface area contributed by atoms with Crippen molar-refractivity contribution in [3.63, 3.8) is 0 Å². The first kappa shape index (κ1) is 17.4. The maximum absolute atomic E-state index is 11.9. The van der Waals surface area contributed by atoms with Gasteiger partial charge in [0.2, 0.25) is 0 Å². The van der Waals surface area contributed by atoms with Crippen LogP contribution in [0.5, 0.6) is 17.2 Å². The number of benzene rings is 2. The highest BCUT2D eigenvalue weighted by atomic mass is 79.9. The molecule has 4 nitrogen and oxygen atoms in total. The van der Waals surface area contributed by atoms with Gasteiger partial charge >= 0.3 is 5.97 Å². The molecule has 0 atom stereocenters. The van der Waals surface area contributed by atoms with Gasteiger partial charge in [0.1, 0.15) is 5.75 Å². The molecule has 0 radical (unpaired) electrons. The second kappa shape index (κ2) is 8.04. The minimum absolute atomic E-state index is 0.303. The van der Waals surface area contributed by atoms with Crippen LogP contribution in [0, 0.1) is 0 Å². The highest BCUT2D eigenvalue weighted by Gasteiger charge is 2.07. The van der Waals surface area contributed by atoms with Crippen molar-refractivity contribution < 1.29 is 19.0 Å². The normalized spacial score (nSPS) is 10.6. The van der Waals surface area contributed by atoms with E-state index >= 15 is 0 Å². The van der Waals surface area contributed by atoms with E-state index in [0.717, 1.165) is 10.0 Å². The van der Waals surface area contributed by atoms with Gasteiger partial charge in [0.15, 0.2) is 11.5 Å². The van der Waals surface area contributed by atoms with Crippen LogP contribution in [0.3, 0.4) is 0 Å². The van der Waals surface area contributed by atoms with Crippen LogP contribution in [0.4, 0.5) is 0 Å². The smallest absolute Gasteiger partial charge is 0.336 e. The Kier molecular flexibility index (Phi) is 6.07. The Morgan fingerprint density at radius 3 is 2.39 bits per heavy atom. The molecule has 2 rings (SSSR count). The fourth-order valence-electron chi connectivity index (χ4n) is 1.82. The number of carbonyl (C=O) groups is 1. The molecule has 2 aromatic carbocycles. The summed E-state index contributed by atoms with van der Waals surface area (Å²) < 4.78 is 16.4. The third-order valence-corrected chi connectivity index (χ3v) is 3.71. The molecule has 0 fully saturated rings. The fraction of sp³-hybridized carbons (Fsp3) is 0.118. The zero-order valence-corrected chi connectivity index (χ0v) is 14.8. The summed E-state index contributed by atoms with van der Waals surface area (Å²) in [5, 5.41) is 0.354. The van der Waals surface area contributed by atoms with Crippen LogP contribution in [0.25, 0.3) is 6.08 Å². The van der Waals surface area contributed by atoms with Gasteiger partial charge in [-0.15, -0.1) is 0 Å². The Morgan fingerprint density at radius 1 is 1.04 bits per heavy atom. The van der Waals surface area contributed by atoms with Crippen molar-refractivity contribution in [1.82, 2.24) is 0 Å². The van der Waals surface area contributed by atoms with E-state index < -0.39 is 5.97 Å². The predicted molar refractivity (Wildman–Crippen MR) is 93.4 cm³/mol. The summed E-state index contributed by atoms with van der Waals surface area (Å²) in [6, 6.07) is 10.3. The molecule has 0 N–H and O–H groups in total. The molecule has 0 aromatic heterocycles. The van der Waals surface area contributed by atoms with Gasteiger partial charge in [0.25, 0.3) is 0 Å². The van der Waals surface area contributed by atoms with Crippen molar-refractivity contribution in [2.24, 2.45) is 0 Å². The SMILES string of the molecule is COc1ccc(C=CC(=O)Oc2ccc(Br)cc2Cl)cc1OC. The van der Waals surface area contributed by atoms with Crippen molar-refractivity contribution in [3.8, 4) is 17.2 Å². The number of carbonyl (C=O) groups excluding carboxylic acids is 1. The summed E-state index contributed by atoms with van der Waals surface area (Å²) in [4.78, 5) is 11.9. The van der Waals surface area contributed by atoms with Crippen LogP contribution in [0.15, 0.2) is 46.9 Å². The molecular weight excluding hydrogens is 384 g/mol. The highest BCUT2D eigenvalue weighted by molar-refractivity contribution is 9.10. The van der Waals surface area contributed by atoms with Crippen molar-refractivity contribution in [3.05, 3.63) is 57.5 Å². The maximum Gasteiger partial charge on any atom is 0.336 e. The summed E-state index contributed by atoms with van der Waals surface area (Å²) in [7, 11) is 3.11. The number of rotatable bonds is 5. The topological polar surface area (TPSA) is 44.8 Å². The minimum atomic E-state index is -0.524. The quantitative estimate of drug-likeness (QED) is 0.415. The Bertz CT molecular complexity index is 743. The Balaban J connectivity index is 2.09. The van der Waals surface area contributed by atoms with E-state index in [-0.39, 0.29) is 0 Å². The lowest BCUT2D eigenvalue weighted by molar-refractivity contribution is -0.128. The number of hydrogen-bond acceptors (Lipinski definition) is 4. The number of methoxy groups -OCH3 is 2. The monoisotopic (exact) mass is 396 g/mol. The Labute approximate surface area is 147 Å². The standard InChI is InChI=1S/C17H14BrClO4/c1-21-15-6-3-11(9-16(15)22-2)4-8-17(20)23-14-7-5-12(18)10-13(14)19/h3-10H,1-2H3. The lowest BCUT2D eigenvalue weighted by atomic mass is 10.2. The van der Waals surface area contributed by atoms with E-state index in [1.165, 1.54) is 6.08 Å². The first-order chi connectivity index (χ1) is 11.0. The summed E-state index contributed by atoms with van der Waals surface area (Å²) in [5.41, 5.74) is 0.779. The third kappa shape index (κ3) is 4.74. The fourth-order valence-corrected chi connectivity index (χ4v) is 2.53. The van der Waals surface area contributed by atoms with Gasteiger partial charge in [-0.2, -0.15) is 0 Å². The van der Waals surface area contributed by atoms with Gasteiger partial charge in [0.05, 0.1) is 19.2 Å². The summed E-state index contributed by atoms with van der Waals surface area (Å²) in [6.07, 6.45) is 2.94. The van der Waals surface area contributed by atoms with Gasteiger partial charge in [-0.1, -0.05) is 33.6 Å². The zero-order valence-electron chi connectivity index (χ0n) is 12.5. The van der Waals surface area contributed by atoms with Crippen LogP contribution >= 0.6 is 27.5 Å². The first-order valence-electron chi connectivity index (χ1n) is 6.60. The molecule has 0 unspecified atom stereocenters. The Morgan fingerprint density at radius 2 is 1.74 bits per heavy atom. The summed E-state index contributed by atoms with van der Waals surface area (Å²) in [5.74, 6) is 0.980. The van der Waals surface area contributed by atoms with E-state index in [1.54, 1.807) is 56.7 Å². The number of esters is 1. The molecule has 0 saturated carbocycles. The first-order valence-corrected chi connectivity index (χ1v) is 7.77. The van der Waals surface area contributed by atoms with E-state index in [0.29, 0.717) is 22.3 Å². The largest absolute Gasteiger partial charge is 0.493 e. The van der Waals surface area contributed by atoms with Crippen LogP contribution < -0.4 is 14.2 Å². The summed E-state index contributed by atoms with van der Waals surface area (Å²) in [6.45, 7) is 0. The second-order valence-electron chi connectivity index (χ2n) is 4.44. The second-order valence-corrected chi connectivity index (χ2v) is 5.77. The molecule has 0 amide bonds. The molecular formula is C17H14BrClO4. The van der Waals surface area contributed by atoms with Gasteiger partial charge < -0.3 is 14.2 Å². The average molecular weight is 398 g/mol. The molecule has 0 saturated heterocycles. The lowest BCUT2D eigenvalue weighted by Gasteiger charge is -2.07. The van der Waals surface area contributed by atoms with E-state index in [4.69, 9.17) is 25.8 Å². The van der Waals surface area contributed by atoms with Crippen LogP contribution in [0.2, 0.25) is 5.02 Å². The van der Waals surface area contributed by atoms with E-state index in [9.17, 15) is 4.79 Å². The Hall–Kier alpha value is -1.98. The predicted octanol–water partition coefficient (Wildman–Crippen LogP) is 4.74. The lowest BCUT2D eigenvalue weighted by Crippen LogP contribution is -2.04. The van der Waals surface area contributed by atoms with Crippen molar-refractivity contribution in [2.75, 3.05) is 14.2 Å². The number of halogens is 2.